The van der Waals surface area contributed by atoms with E-state index in [9.17, 15) is 4.79 Å². The van der Waals surface area contributed by atoms with Gasteiger partial charge in [0.05, 0.1) is 0 Å². The van der Waals surface area contributed by atoms with E-state index in [4.69, 9.17) is 15.0 Å². The van der Waals surface area contributed by atoms with Crippen LogP contribution in [0.4, 0.5) is 0 Å². The van der Waals surface area contributed by atoms with E-state index in [2.05, 4.69) is 5.43 Å². The van der Waals surface area contributed by atoms with Gasteiger partial charge in [-0.1, -0.05) is 25.1 Å². The molecule has 0 spiro atoms. The molecule has 0 aliphatic carbocycles. The maximum absolute atomic E-state index is 11.6. The molecule has 5 nitrogen and oxygen atoms in total. The predicted molar refractivity (Wildman–Crippen MR) is 80.8 cm³/mol. The Morgan fingerprint density at radius 1 is 1.24 bits per heavy atom. The molecule has 1 heterocycles. The first-order chi connectivity index (χ1) is 10.2. The van der Waals surface area contributed by atoms with Crippen LogP contribution in [0, 0.1) is 0 Å². The van der Waals surface area contributed by atoms with Gasteiger partial charge < -0.3 is 9.15 Å². The average molecular weight is 284 g/mol. The number of rotatable bonds is 4. The fraction of sp³-hybridized carbons (Fsp3) is 0.188. The molecule has 108 valence electrons. The van der Waals surface area contributed by atoms with E-state index < -0.39 is 6.10 Å². The van der Waals surface area contributed by atoms with Crippen LogP contribution in [0.2, 0.25) is 0 Å². The zero-order valence-electron chi connectivity index (χ0n) is 11.6. The van der Waals surface area contributed by atoms with Gasteiger partial charge in [-0.05, 0) is 30.7 Å². The van der Waals surface area contributed by atoms with Crippen LogP contribution < -0.4 is 16.0 Å². The van der Waals surface area contributed by atoms with Gasteiger partial charge in [0.2, 0.25) is 0 Å². The molecule has 3 N–H and O–H groups in total. The lowest BCUT2D eigenvalue weighted by atomic mass is 10.1. The van der Waals surface area contributed by atoms with Crippen LogP contribution in [-0.4, -0.2) is 12.0 Å². The molecule has 0 aliphatic heterocycles. The molecular formula is C16H16N2O3. The minimum atomic E-state index is -0.606. The number of hydrogen-bond acceptors (Lipinski definition) is 4. The second-order valence-corrected chi connectivity index (χ2v) is 4.78. The lowest BCUT2D eigenvalue weighted by Gasteiger charge is -2.15. The predicted octanol–water partition coefficient (Wildman–Crippen LogP) is 2.73. The molecule has 1 aromatic heterocycles. The Balaban J connectivity index is 2.00. The number of carbonyl (C=O) groups is 1. The standard InChI is InChI=1S/C16H16N2O3/c1-2-13(16(19)18-17)20-10-7-8-15-12(9-10)11-5-3-4-6-14(11)21-15/h3-9,13H,2,17H2,1H3,(H,18,19). The van der Waals surface area contributed by atoms with Gasteiger partial charge in [0, 0.05) is 10.8 Å². The minimum Gasteiger partial charge on any atom is -0.481 e. The van der Waals surface area contributed by atoms with E-state index in [0.29, 0.717) is 12.2 Å². The van der Waals surface area contributed by atoms with E-state index in [1.165, 1.54) is 0 Å². The Kier molecular flexibility index (Phi) is 3.50. The monoisotopic (exact) mass is 284 g/mol. The molecular weight excluding hydrogens is 268 g/mol. The molecule has 0 fully saturated rings. The normalized spacial score (nSPS) is 12.5. The molecule has 1 amide bonds. The summed E-state index contributed by atoms with van der Waals surface area (Å²) >= 11 is 0. The molecule has 0 radical (unpaired) electrons. The second kappa shape index (κ2) is 5.46. The summed E-state index contributed by atoms with van der Waals surface area (Å²) < 4.78 is 11.5. The van der Waals surface area contributed by atoms with Crippen molar-refractivity contribution in [3.63, 3.8) is 0 Å². The topological polar surface area (TPSA) is 77.5 Å². The van der Waals surface area contributed by atoms with Crippen molar-refractivity contribution in [3.8, 4) is 5.75 Å². The number of furan rings is 1. The Bertz CT molecular complexity index is 794. The maximum Gasteiger partial charge on any atom is 0.274 e. The number of nitrogens with two attached hydrogens (primary N) is 1. The molecule has 3 rings (SSSR count). The average Bonchev–Trinajstić information content (AvgIpc) is 2.90. The van der Waals surface area contributed by atoms with E-state index in [-0.39, 0.29) is 5.91 Å². The third-order valence-electron chi connectivity index (χ3n) is 3.43. The molecule has 0 saturated heterocycles. The molecule has 21 heavy (non-hydrogen) atoms. The highest BCUT2D eigenvalue weighted by Crippen LogP contribution is 2.31. The number of carbonyl (C=O) groups excluding carboxylic acids is 1. The highest BCUT2D eigenvalue weighted by molar-refractivity contribution is 6.05. The molecule has 3 aromatic rings. The lowest BCUT2D eigenvalue weighted by Crippen LogP contribution is -2.41. The fourth-order valence-corrected chi connectivity index (χ4v) is 2.36. The number of hydrazine groups is 1. The number of ether oxygens (including phenoxy) is 1. The Morgan fingerprint density at radius 3 is 2.76 bits per heavy atom. The van der Waals surface area contributed by atoms with E-state index in [1.807, 2.05) is 43.3 Å². The summed E-state index contributed by atoms with van der Waals surface area (Å²) in [6, 6.07) is 13.3. The summed E-state index contributed by atoms with van der Waals surface area (Å²) in [5.74, 6) is 5.43. The number of benzene rings is 2. The van der Waals surface area contributed by atoms with Crippen LogP contribution in [0.3, 0.4) is 0 Å². The molecule has 1 atom stereocenters. The number of fused-ring (bicyclic) bond motifs is 3. The number of para-hydroxylation sites is 1. The largest absolute Gasteiger partial charge is 0.481 e. The van der Waals surface area contributed by atoms with Crippen LogP contribution in [0.5, 0.6) is 5.75 Å². The smallest absolute Gasteiger partial charge is 0.274 e. The highest BCUT2D eigenvalue weighted by atomic mass is 16.5. The maximum atomic E-state index is 11.6. The van der Waals surface area contributed by atoms with Crippen molar-refractivity contribution >= 4 is 27.8 Å². The summed E-state index contributed by atoms with van der Waals surface area (Å²) in [4.78, 5) is 11.6. The van der Waals surface area contributed by atoms with Gasteiger partial charge in [0.25, 0.3) is 5.91 Å². The van der Waals surface area contributed by atoms with Crippen molar-refractivity contribution in [2.75, 3.05) is 0 Å². The first-order valence-electron chi connectivity index (χ1n) is 6.81. The second-order valence-electron chi connectivity index (χ2n) is 4.78. The van der Waals surface area contributed by atoms with Gasteiger partial charge >= 0.3 is 0 Å². The van der Waals surface area contributed by atoms with Gasteiger partial charge in [0.1, 0.15) is 16.9 Å². The highest BCUT2D eigenvalue weighted by Gasteiger charge is 2.17. The number of amides is 1. The minimum absolute atomic E-state index is 0.338. The number of nitrogens with one attached hydrogen (secondary N) is 1. The molecule has 0 aliphatic rings. The zero-order valence-corrected chi connectivity index (χ0v) is 11.6. The molecule has 5 heteroatoms. The van der Waals surface area contributed by atoms with Crippen molar-refractivity contribution in [2.45, 2.75) is 19.4 Å². The third-order valence-corrected chi connectivity index (χ3v) is 3.43. The van der Waals surface area contributed by atoms with Crippen molar-refractivity contribution in [1.82, 2.24) is 5.43 Å². The van der Waals surface area contributed by atoms with Crippen molar-refractivity contribution in [2.24, 2.45) is 5.84 Å². The van der Waals surface area contributed by atoms with E-state index in [1.54, 1.807) is 6.07 Å². The Hall–Kier alpha value is -2.53. The first-order valence-corrected chi connectivity index (χ1v) is 6.81. The fourth-order valence-electron chi connectivity index (χ4n) is 2.36. The summed E-state index contributed by atoms with van der Waals surface area (Å²) in [6.45, 7) is 1.87. The first kappa shape index (κ1) is 13.5. The van der Waals surface area contributed by atoms with Gasteiger partial charge in [0.15, 0.2) is 6.10 Å². The summed E-state index contributed by atoms with van der Waals surface area (Å²) in [6.07, 6.45) is -0.0710. The summed E-state index contributed by atoms with van der Waals surface area (Å²) in [5, 5.41) is 1.99. The molecule has 2 aromatic carbocycles. The van der Waals surface area contributed by atoms with Gasteiger partial charge in [-0.15, -0.1) is 0 Å². The Labute approximate surface area is 121 Å². The van der Waals surface area contributed by atoms with Crippen LogP contribution in [0.25, 0.3) is 21.9 Å². The van der Waals surface area contributed by atoms with Crippen molar-refractivity contribution < 1.29 is 13.9 Å². The lowest BCUT2D eigenvalue weighted by molar-refractivity contribution is -0.128. The van der Waals surface area contributed by atoms with Crippen LogP contribution >= 0.6 is 0 Å². The van der Waals surface area contributed by atoms with Gasteiger partial charge in [-0.2, -0.15) is 0 Å². The molecule has 0 saturated carbocycles. The van der Waals surface area contributed by atoms with Crippen LogP contribution in [0.1, 0.15) is 13.3 Å². The quantitative estimate of drug-likeness (QED) is 0.439. The van der Waals surface area contributed by atoms with Crippen LogP contribution in [-0.2, 0) is 4.79 Å². The third kappa shape index (κ3) is 2.43. The van der Waals surface area contributed by atoms with E-state index in [0.717, 1.165) is 21.9 Å². The van der Waals surface area contributed by atoms with Crippen molar-refractivity contribution in [1.29, 1.82) is 0 Å². The van der Waals surface area contributed by atoms with Gasteiger partial charge in [-0.25, -0.2) is 5.84 Å². The summed E-state index contributed by atoms with van der Waals surface area (Å²) in [7, 11) is 0. The van der Waals surface area contributed by atoms with Gasteiger partial charge in [-0.3, -0.25) is 10.2 Å². The SMILES string of the molecule is CCC(Oc1ccc2oc3ccccc3c2c1)C(=O)NN. The molecule has 0 bridgehead atoms. The molecule has 1 unspecified atom stereocenters. The van der Waals surface area contributed by atoms with Crippen LogP contribution in [0.15, 0.2) is 46.9 Å². The van der Waals surface area contributed by atoms with E-state index >= 15 is 0 Å². The zero-order chi connectivity index (χ0) is 14.8. The van der Waals surface area contributed by atoms with Crippen molar-refractivity contribution in [3.05, 3.63) is 42.5 Å². The Morgan fingerprint density at radius 2 is 2.00 bits per heavy atom. The number of hydrogen-bond donors (Lipinski definition) is 2. The summed E-state index contributed by atoms with van der Waals surface area (Å²) in [5.41, 5.74) is 3.74.